The van der Waals surface area contributed by atoms with Crippen molar-refractivity contribution in [2.24, 2.45) is 5.73 Å². The van der Waals surface area contributed by atoms with Crippen LogP contribution in [0.3, 0.4) is 0 Å². The number of carbonyl (C=O) groups is 1. The minimum atomic E-state index is -3.71. The van der Waals surface area contributed by atoms with E-state index in [1.165, 1.54) is 31.4 Å². The summed E-state index contributed by atoms with van der Waals surface area (Å²) in [6.45, 7) is 1.55. The van der Waals surface area contributed by atoms with Crippen molar-refractivity contribution in [2.75, 3.05) is 12.4 Å². The van der Waals surface area contributed by atoms with E-state index in [9.17, 15) is 13.2 Å². The molecule has 122 valence electrons. The number of amides is 1. The Hall–Kier alpha value is -2.38. The molecule has 0 radical (unpaired) electrons. The predicted molar refractivity (Wildman–Crippen MR) is 87.2 cm³/mol. The molecule has 1 unspecified atom stereocenters. The molecule has 2 aromatic rings. The number of ether oxygens (including phenoxy) is 1. The Morgan fingerprint density at radius 2 is 1.74 bits per heavy atom. The number of nitrogens with two attached hydrogens (primary N) is 1. The van der Waals surface area contributed by atoms with Gasteiger partial charge in [-0.25, -0.2) is 8.42 Å². The first kappa shape index (κ1) is 17.0. The van der Waals surface area contributed by atoms with E-state index >= 15 is 0 Å². The van der Waals surface area contributed by atoms with Gasteiger partial charge in [-0.1, -0.05) is 12.1 Å². The van der Waals surface area contributed by atoms with Gasteiger partial charge in [0.15, 0.2) is 0 Å². The van der Waals surface area contributed by atoms with Crippen molar-refractivity contribution in [3.8, 4) is 5.75 Å². The highest BCUT2D eigenvalue weighted by Gasteiger charge is 2.19. The molecule has 1 amide bonds. The van der Waals surface area contributed by atoms with E-state index in [0.29, 0.717) is 11.4 Å². The fourth-order valence-electron chi connectivity index (χ4n) is 1.90. The Morgan fingerprint density at radius 3 is 2.35 bits per heavy atom. The van der Waals surface area contributed by atoms with Crippen LogP contribution in [-0.4, -0.2) is 27.5 Å². The molecule has 0 spiro atoms. The lowest BCUT2D eigenvalue weighted by atomic mass is 10.3. The van der Waals surface area contributed by atoms with Gasteiger partial charge in [-0.05, 0) is 43.3 Å². The molecule has 6 nitrogen and oxygen atoms in total. The molecule has 1 atom stereocenters. The molecule has 0 fully saturated rings. The standard InChI is InChI=1S/C16H18N2O4S/c1-11(17)16(19)18-12-5-3-7-14(9-12)23(20,21)15-8-4-6-13(10-15)22-2/h3-11H,17H2,1-2H3,(H,18,19). The zero-order chi connectivity index (χ0) is 17.0. The van der Waals surface area contributed by atoms with Crippen LogP contribution >= 0.6 is 0 Å². The maximum Gasteiger partial charge on any atom is 0.240 e. The van der Waals surface area contributed by atoms with Crippen LogP contribution in [0.1, 0.15) is 6.92 Å². The van der Waals surface area contributed by atoms with Crippen molar-refractivity contribution >= 4 is 21.4 Å². The van der Waals surface area contributed by atoms with Crippen molar-refractivity contribution in [1.82, 2.24) is 0 Å². The first-order valence-electron chi connectivity index (χ1n) is 6.90. The van der Waals surface area contributed by atoms with Gasteiger partial charge >= 0.3 is 0 Å². The minimum Gasteiger partial charge on any atom is -0.497 e. The van der Waals surface area contributed by atoms with Crippen LogP contribution < -0.4 is 15.8 Å². The van der Waals surface area contributed by atoms with Crippen LogP contribution in [-0.2, 0) is 14.6 Å². The zero-order valence-corrected chi connectivity index (χ0v) is 13.6. The fourth-order valence-corrected chi connectivity index (χ4v) is 3.24. The average Bonchev–Trinajstić information content (AvgIpc) is 2.55. The number of benzene rings is 2. The highest BCUT2D eigenvalue weighted by atomic mass is 32.2. The maximum atomic E-state index is 12.7. The first-order chi connectivity index (χ1) is 10.8. The van der Waals surface area contributed by atoms with Gasteiger partial charge < -0.3 is 15.8 Å². The number of nitrogens with one attached hydrogen (secondary N) is 1. The topological polar surface area (TPSA) is 98.5 Å². The third kappa shape index (κ3) is 3.88. The van der Waals surface area contributed by atoms with Crippen molar-refractivity contribution in [3.05, 3.63) is 48.5 Å². The second-order valence-electron chi connectivity index (χ2n) is 4.99. The molecule has 0 aliphatic heterocycles. The third-order valence-electron chi connectivity index (χ3n) is 3.18. The molecule has 23 heavy (non-hydrogen) atoms. The third-order valence-corrected chi connectivity index (χ3v) is 4.93. The summed E-state index contributed by atoms with van der Waals surface area (Å²) < 4.78 is 30.4. The van der Waals surface area contributed by atoms with E-state index in [2.05, 4.69) is 5.32 Å². The summed E-state index contributed by atoms with van der Waals surface area (Å²) in [5.74, 6) is 0.0633. The van der Waals surface area contributed by atoms with Crippen LogP contribution in [0.25, 0.3) is 0 Å². The largest absolute Gasteiger partial charge is 0.497 e. The Morgan fingerprint density at radius 1 is 1.13 bits per heavy atom. The van der Waals surface area contributed by atoms with E-state index < -0.39 is 15.9 Å². The number of anilines is 1. The summed E-state index contributed by atoms with van der Waals surface area (Å²) in [6.07, 6.45) is 0. The molecular formula is C16H18N2O4S. The normalized spacial score (nSPS) is 12.5. The summed E-state index contributed by atoms with van der Waals surface area (Å²) in [4.78, 5) is 11.8. The minimum absolute atomic E-state index is 0.0771. The highest BCUT2D eigenvalue weighted by Crippen LogP contribution is 2.25. The van der Waals surface area contributed by atoms with E-state index in [1.807, 2.05) is 0 Å². The molecule has 3 N–H and O–H groups in total. The summed E-state index contributed by atoms with van der Waals surface area (Å²) in [5, 5.41) is 2.57. The van der Waals surface area contributed by atoms with E-state index in [0.717, 1.165) is 0 Å². The van der Waals surface area contributed by atoms with Crippen LogP contribution in [0.5, 0.6) is 5.75 Å². The summed E-state index contributed by atoms with van der Waals surface area (Å²) in [6, 6.07) is 11.5. The Labute approximate surface area is 135 Å². The molecule has 0 aliphatic rings. The lowest BCUT2D eigenvalue weighted by Crippen LogP contribution is -2.32. The van der Waals surface area contributed by atoms with Gasteiger partial charge in [0.25, 0.3) is 0 Å². The molecule has 2 aromatic carbocycles. The van der Waals surface area contributed by atoms with Crippen molar-refractivity contribution in [1.29, 1.82) is 0 Å². The smallest absolute Gasteiger partial charge is 0.240 e. The molecule has 0 heterocycles. The molecule has 0 aliphatic carbocycles. The van der Waals surface area contributed by atoms with Gasteiger partial charge in [0.1, 0.15) is 5.75 Å². The molecule has 0 bridgehead atoms. The van der Waals surface area contributed by atoms with E-state index in [4.69, 9.17) is 10.5 Å². The van der Waals surface area contributed by atoms with Gasteiger partial charge in [-0.15, -0.1) is 0 Å². The monoisotopic (exact) mass is 334 g/mol. The van der Waals surface area contributed by atoms with Crippen molar-refractivity contribution < 1.29 is 17.9 Å². The van der Waals surface area contributed by atoms with Crippen molar-refractivity contribution in [3.63, 3.8) is 0 Å². The zero-order valence-electron chi connectivity index (χ0n) is 12.8. The highest BCUT2D eigenvalue weighted by molar-refractivity contribution is 7.91. The summed E-state index contributed by atoms with van der Waals surface area (Å²) >= 11 is 0. The van der Waals surface area contributed by atoms with Crippen LogP contribution in [0.4, 0.5) is 5.69 Å². The lowest BCUT2D eigenvalue weighted by molar-refractivity contribution is -0.117. The SMILES string of the molecule is COc1cccc(S(=O)(=O)c2cccc(NC(=O)C(C)N)c2)c1. The Bertz CT molecular complexity index is 816. The number of rotatable bonds is 5. The number of sulfone groups is 1. The van der Waals surface area contributed by atoms with Crippen LogP contribution in [0.15, 0.2) is 58.3 Å². The van der Waals surface area contributed by atoms with E-state index in [-0.39, 0.29) is 15.7 Å². The molecule has 7 heteroatoms. The molecule has 0 saturated heterocycles. The number of carbonyl (C=O) groups excluding carboxylic acids is 1. The lowest BCUT2D eigenvalue weighted by Gasteiger charge is -2.10. The number of hydrogen-bond acceptors (Lipinski definition) is 5. The second kappa shape index (κ2) is 6.80. The summed E-state index contributed by atoms with van der Waals surface area (Å²) in [5.41, 5.74) is 5.86. The van der Waals surface area contributed by atoms with Crippen LogP contribution in [0, 0.1) is 0 Å². The van der Waals surface area contributed by atoms with Gasteiger partial charge in [-0.2, -0.15) is 0 Å². The van der Waals surface area contributed by atoms with Gasteiger partial charge in [0, 0.05) is 5.69 Å². The average molecular weight is 334 g/mol. The summed E-state index contributed by atoms with van der Waals surface area (Å²) in [7, 11) is -2.24. The molecule has 2 rings (SSSR count). The van der Waals surface area contributed by atoms with Crippen molar-refractivity contribution in [2.45, 2.75) is 22.8 Å². The maximum absolute atomic E-state index is 12.7. The predicted octanol–water partition coefficient (Wildman–Crippen LogP) is 1.81. The Kier molecular flexibility index (Phi) is 5.02. The number of methoxy groups -OCH3 is 1. The molecular weight excluding hydrogens is 316 g/mol. The fraction of sp³-hybridized carbons (Fsp3) is 0.188. The molecule has 0 aromatic heterocycles. The van der Waals surface area contributed by atoms with E-state index in [1.54, 1.807) is 31.2 Å². The van der Waals surface area contributed by atoms with Gasteiger partial charge in [-0.3, -0.25) is 4.79 Å². The molecule has 0 saturated carbocycles. The van der Waals surface area contributed by atoms with Crippen LogP contribution in [0.2, 0.25) is 0 Å². The van der Waals surface area contributed by atoms with Gasteiger partial charge in [0.05, 0.1) is 22.9 Å². The number of hydrogen-bond donors (Lipinski definition) is 2. The second-order valence-corrected chi connectivity index (χ2v) is 6.94. The Balaban J connectivity index is 2.38. The first-order valence-corrected chi connectivity index (χ1v) is 8.38. The van der Waals surface area contributed by atoms with Gasteiger partial charge in [0.2, 0.25) is 15.7 Å². The quantitative estimate of drug-likeness (QED) is 0.869.